The molecule has 1 aromatic rings. The van der Waals surface area contributed by atoms with Gasteiger partial charge in [0, 0.05) is 20.2 Å². The zero-order chi connectivity index (χ0) is 17.4. The monoisotopic (exact) mass is 391 g/mol. The Hall–Kier alpha value is -1.19. The Morgan fingerprint density at radius 3 is 2.84 bits per heavy atom. The molecule has 0 aromatic heterocycles. The molecule has 2 rings (SSSR count). The maximum atomic E-state index is 12.2. The summed E-state index contributed by atoms with van der Waals surface area (Å²) < 4.78 is 31.7. The number of methoxy groups -OCH3 is 1. The lowest BCUT2D eigenvalue weighted by Gasteiger charge is -2.22. The topological polar surface area (TPSA) is 96.5 Å². The molecule has 1 fully saturated rings. The molecule has 1 unspecified atom stereocenters. The number of carbonyl (C=O) groups is 1. The highest BCUT2D eigenvalue weighted by molar-refractivity contribution is 7.89. The molecule has 0 saturated carbocycles. The van der Waals surface area contributed by atoms with E-state index in [1.165, 1.54) is 13.2 Å². The number of carbonyl (C=O) groups excluding carboxylic acids is 1. The maximum Gasteiger partial charge on any atom is 0.240 e. The Bertz CT molecular complexity index is 649. The zero-order valence-electron chi connectivity index (χ0n) is 14.3. The summed E-state index contributed by atoms with van der Waals surface area (Å²) in [5.74, 6) is -0.0406. The average molecular weight is 392 g/mol. The van der Waals surface area contributed by atoms with Crippen LogP contribution in [-0.4, -0.2) is 47.2 Å². The van der Waals surface area contributed by atoms with E-state index in [1.807, 2.05) is 0 Å². The quantitative estimate of drug-likeness (QED) is 0.569. The van der Waals surface area contributed by atoms with Gasteiger partial charge in [-0.15, -0.1) is 12.4 Å². The summed E-state index contributed by atoms with van der Waals surface area (Å²) in [6.07, 6.45) is 2.98. The molecule has 0 bridgehead atoms. The molecular weight excluding hydrogens is 366 g/mol. The van der Waals surface area contributed by atoms with Crippen LogP contribution in [0.1, 0.15) is 24.8 Å². The summed E-state index contributed by atoms with van der Waals surface area (Å²) in [5.41, 5.74) is 0.744. The van der Waals surface area contributed by atoms with E-state index in [0.29, 0.717) is 13.2 Å². The van der Waals surface area contributed by atoms with Gasteiger partial charge in [0.15, 0.2) is 0 Å². The summed E-state index contributed by atoms with van der Waals surface area (Å²) in [6.45, 7) is 1.69. The summed E-state index contributed by atoms with van der Waals surface area (Å²) in [5, 5.41) is 6.05. The van der Waals surface area contributed by atoms with Crippen molar-refractivity contribution in [1.82, 2.24) is 15.4 Å². The molecular formula is C16H26ClN3O4S. The lowest BCUT2D eigenvalue weighted by molar-refractivity contribution is -0.123. The van der Waals surface area contributed by atoms with E-state index in [9.17, 15) is 13.2 Å². The van der Waals surface area contributed by atoms with Crippen molar-refractivity contribution in [2.45, 2.75) is 36.7 Å². The highest BCUT2D eigenvalue weighted by Crippen LogP contribution is 2.12. The van der Waals surface area contributed by atoms with Gasteiger partial charge in [-0.25, -0.2) is 13.1 Å². The van der Waals surface area contributed by atoms with Gasteiger partial charge in [0.2, 0.25) is 15.9 Å². The van der Waals surface area contributed by atoms with Crippen molar-refractivity contribution in [2.75, 3.05) is 26.8 Å². The number of halogens is 1. The van der Waals surface area contributed by atoms with Gasteiger partial charge in [-0.05, 0) is 37.1 Å². The first-order valence-corrected chi connectivity index (χ1v) is 9.60. The standard InChI is InChI=1S/C16H25N3O4S.ClH/c1-23-10-9-19-24(21,22)14-6-4-5-13(11-14)12-18-16(20)15-7-2-3-8-17-15;/h4-6,11,15,17,19H,2-3,7-10,12H2,1H3,(H,18,20);1H. The van der Waals surface area contributed by atoms with E-state index < -0.39 is 10.0 Å². The van der Waals surface area contributed by atoms with Crippen LogP contribution in [0.25, 0.3) is 0 Å². The molecule has 0 spiro atoms. The van der Waals surface area contributed by atoms with E-state index in [-0.39, 0.29) is 35.8 Å². The van der Waals surface area contributed by atoms with E-state index in [0.717, 1.165) is 31.4 Å². The maximum absolute atomic E-state index is 12.2. The third kappa shape index (κ3) is 6.91. The average Bonchev–Trinajstić information content (AvgIpc) is 2.61. The second-order valence-electron chi connectivity index (χ2n) is 5.76. The van der Waals surface area contributed by atoms with Crippen molar-refractivity contribution >= 4 is 28.3 Å². The number of hydrogen-bond acceptors (Lipinski definition) is 5. The van der Waals surface area contributed by atoms with Gasteiger partial charge in [-0.1, -0.05) is 18.6 Å². The number of nitrogens with one attached hydrogen (secondary N) is 3. The molecule has 1 aromatic carbocycles. The second-order valence-corrected chi connectivity index (χ2v) is 7.53. The van der Waals surface area contributed by atoms with E-state index in [1.54, 1.807) is 18.2 Å². The summed E-state index contributed by atoms with van der Waals surface area (Å²) in [4.78, 5) is 12.3. The molecule has 0 aliphatic carbocycles. The lowest BCUT2D eigenvalue weighted by atomic mass is 10.0. The number of benzene rings is 1. The fraction of sp³-hybridized carbons (Fsp3) is 0.562. The normalized spacial score (nSPS) is 17.6. The first kappa shape index (κ1) is 21.9. The Labute approximate surface area is 155 Å². The Morgan fingerprint density at radius 2 is 2.16 bits per heavy atom. The number of sulfonamides is 1. The van der Waals surface area contributed by atoms with Gasteiger partial charge >= 0.3 is 0 Å². The summed E-state index contributed by atoms with van der Waals surface area (Å²) >= 11 is 0. The largest absolute Gasteiger partial charge is 0.383 e. The molecule has 1 aliphatic heterocycles. The highest BCUT2D eigenvalue weighted by atomic mass is 35.5. The third-order valence-corrected chi connectivity index (χ3v) is 5.36. The van der Waals surface area contributed by atoms with Crippen LogP contribution in [0.3, 0.4) is 0 Å². The van der Waals surface area contributed by atoms with E-state index in [4.69, 9.17) is 4.74 Å². The van der Waals surface area contributed by atoms with Gasteiger partial charge in [0.25, 0.3) is 0 Å². The number of rotatable bonds is 8. The minimum Gasteiger partial charge on any atom is -0.383 e. The van der Waals surface area contributed by atoms with Crippen molar-refractivity contribution < 1.29 is 17.9 Å². The van der Waals surface area contributed by atoms with Crippen LogP contribution < -0.4 is 15.4 Å². The Balaban J connectivity index is 0.00000312. The van der Waals surface area contributed by atoms with Crippen LogP contribution >= 0.6 is 12.4 Å². The van der Waals surface area contributed by atoms with Crippen LogP contribution in [0.4, 0.5) is 0 Å². The van der Waals surface area contributed by atoms with Crippen molar-refractivity contribution in [2.24, 2.45) is 0 Å². The minimum atomic E-state index is -3.57. The molecule has 3 N–H and O–H groups in total. The van der Waals surface area contributed by atoms with Gasteiger partial charge in [0.05, 0.1) is 17.5 Å². The molecule has 0 radical (unpaired) electrons. The third-order valence-electron chi connectivity index (χ3n) is 3.90. The van der Waals surface area contributed by atoms with Crippen LogP contribution in [0.5, 0.6) is 0 Å². The first-order valence-electron chi connectivity index (χ1n) is 8.11. The fourth-order valence-corrected chi connectivity index (χ4v) is 3.65. The first-order chi connectivity index (χ1) is 11.5. The van der Waals surface area contributed by atoms with Crippen molar-refractivity contribution in [1.29, 1.82) is 0 Å². The molecule has 1 amide bonds. The second kappa shape index (κ2) is 10.7. The predicted molar refractivity (Wildman–Crippen MR) is 98.2 cm³/mol. The number of amides is 1. The predicted octanol–water partition coefficient (Wildman–Crippen LogP) is 0.791. The zero-order valence-corrected chi connectivity index (χ0v) is 15.9. The van der Waals surface area contributed by atoms with Crippen LogP contribution in [0.2, 0.25) is 0 Å². The number of ether oxygens (including phenoxy) is 1. The summed E-state index contributed by atoms with van der Waals surface area (Å²) in [7, 11) is -2.06. The van der Waals surface area contributed by atoms with Gasteiger partial charge < -0.3 is 15.4 Å². The minimum absolute atomic E-state index is 0. The highest BCUT2D eigenvalue weighted by Gasteiger charge is 2.20. The molecule has 7 nitrogen and oxygen atoms in total. The molecule has 25 heavy (non-hydrogen) atoms. The van der Waals surface area contributed by atoms with E-state index in [2.05, 4.69) is 15.4 Å². The lowest BCUT2D eigenvalue weighted by Crippen LogP contribution is -2.46. The van der Waals surface area contributed by atoms with Crippen molar-refractivity contribution in [3.63, 3.8) is 0 Å². The van der Waals surface area contributed by atoms with Crippen molar-refractivity contribution in [3.8, 4) is 0 Å². The molecule has 1 atom stereocenters. The molecule has 9 heteroatoms. The SMILES string of the molecule is COCCNS(=O)(=O)c1cccc(CNC(=O)C2CCCCN2)c1.Cl. The molecule has 1 heterocycles. The fourth-order valence-electron chi connectivity index (χ4n) is 2.57. The van der Waals surface area contributed by atoms with Crippen LogP contribution in [0, 0.1) is 0 Å². The van der Waals surface area contributed by atoms with Crippen molar-refractivity contribution in [3.05, 3.63) is 29.8 Å². The smallest absolute Gasteiger partial charge is 0.240 e. The molecule has 1 saturated heterocycles. The van der Waals surface area contributed by atoms with Gasteiger partial charge in [0.1, 0.15) is 0 Å². The summed E-state index contributed by atoms with van der Waals surface area (Å²) in [6, 6.07) is 6.42. The molecule has 142 valence electrons. The Morgan fingerprint density at radius 1 is 1.36 bits per heavy atom. The van der Waals surface area contributed by atoms with Gasteiger partial charge in [-0.2, -0.15) is 0 Å². The van der Waals surface area contributed by atoms with Gasteiger partial charge in [-0.3, -0.25) is 4.79 Å². The Kier molecular flexibility index (Phi) is 9.37. The van der Waals surface area contributed by atoms with Crippen LogP contribution in [0.15, 0.2) is 29.2 Å². The van der Waals surface area contributed by atoms with Crippen LogP contribution in [-0.2, 0) is 26.1 Å². The molecule has 1 aliphatic rings. The number of piperidine rings is 1. The van der Waals surface area contributed by atoms with E-state index >= 15 is 0 Å². The number of hydrogen-bond donors (Lipinski definition) is 3.